The summed E-state index contributed by atoms with van der Waals surface area (Å²) in [4.78, 5) is 12.7. The summed E-state index contributed by atoms with van der Waals surface area (Å²) < 4.78 is 4.82. The fourth-order valence-corrected chi connectivity index (χ4v) is 1.52. The molecule has 0 N–H and O–H groups in total. The predicted octanol–water partition coefficient (Wildman–Crippen LogP) is 1.08. The largest absolute Gasteiger partial charge is 0.466 e. The molecule has 0 spiro atoms. The lowest BCUT2D eigenvalue weighted by molar-refractivity contribution is -0.142. The van der Waals surface area contributed by atoms with Crippen LogP contribution in [0.15, 0.2) is 24.3 Å². The highest BCUT2D eigenvalue weighted by atomic mass is 16.5. The molecule has 0 amide bonds. The molecule has 0 aliphatic heterocycles. The maximum Gasteiger partial charge on any atom is 0.313 e. The third kappa shape index (κ3) is 2.91. The van der Waals surface area contributed by atoms with E-state index in [4.69, 9.17) is 4.74 Å². The number of aromatic nitrogens is 4. The Balaban J connectivity index is 2.13. The van der Waals surface area contributed by atoms with Crippen LogP contribution < -0.4 is 0 Å². The molecule has 6 nitrogen and oxygen atoms in total. The first-order valence-corrected chi connectivity index (χ1v) is 5.70. The van der Waals surface area contributed by atoms with E-state index in [1.807, 2.05) is 31.2 Å². The molecule has 18 heavy (non-hydrogen) atoms. The summed E-state index contributed by atoms with van der Waals surface area (Å²) in [7, 11) is 0. The Morgan fingerprint density at radius 2 is 2.28 bits per heavy atom. The number of hydrogen-bond acceptors (Lipinski definition) is 5. The Morgan fingerprint density at radius 3 is 3.00 bits per heavy atom. The van der Waals surface area contributed by atoms with Gasteiger partial charge in [-0.2, -0.15) is 0 Å². The number of ether oxygens (including phenoxy) is 1. The number of hydrogen-bond donors (Lipinski definition) is 0. The number of carbonyl (C=O) groups is 1. The van der Waals surface area contributed by atoms with Gasteiger partial charge in [0.25, 0.3) is 0 Å². The Labute approximate surface area is 105 Å². The number of esters is 1. The summed E-state index contributed by atoms with van der Waals surface area (Å²) in [6.45, 7) is 4.10. The lowest BCUT2D eigenvalue weighted by Crippen LogP contribution is -2.09. The lowest BCUT2D eigenvalue weighted by Gasteiger charge is -1.99. The number of aryl methyl sites for hydroxylation is 1. The second-order valence-electron chi connectivity index (χ2n) is 3.82. The molecule has 1 aromatic heterocycles. The summed E-state index contributed by atoms with van der Waals surface area (Å²) in [5.41, 5.74) is 1.93. The topological polar surface area (TPSA) is 69.9 Å². The second kappa shape index (κ2) is 5.39. The van der Waals surface area contributed by atoms with E-state index >= 15 is 0 Å². The third-order valence-electron chi connectivity index (χ3n) is 2.30. The van der Waals surface area contributed by atoms with Crippen LogP contribution in [0.25, 0.3) is 5.69 Å². The average molecular weight is 246 g/mol. The molecule has 0 atom stereocenters. The number of benzene rings is 1. The van der Waals surface area contributed by atoms with Crippen LogP contribution in [0.1, 0.15) is 18.3 Å². The molecular formula is C12H14N4O2. The minimum absolute atomic E-state index is 0.0413. The van der Waals surface area contributed by atoms with Crippen LogP contribution in [0.5, 0.6) is 0 Å². The zero-order valence-corrected chi connectivity index (χ0v) is 10.3. The van der Waals surface area contributed by atoms with Gasteiger partial charge in [0.15, 0.2) is 5.82 Å². The first-order valence-electron chi connectivity index (χ1n) is 5.70. The van der Waals surface area contributed by atoms with E-state index in [1.165, 1.54) is 4.80 Å². The predicted molar refractivity (Wildman–Crippen MR) is 64.2 cm³/mol. The highest BCUT2D eigenvalue weighted by Gasteiger charge is 2.10. The van der Waals surface area contributed by atoms with E-state index in [9.17, 15) is 4.79 Å². The summed E-state index contributed by atoms with van der Waals surface area (Å²) >= 11 is 0. The van der Waals surface area contributed by atoms with Crippen molar-refractivity contribution >= 4 is 5.97 Å². The second-order valence-corrected chi connectivity index (χ2v) is 3.82. The zero-order chi connectivity index (χ0) is 13.0. The minimum atomic E-state index is -0.346. The van der Waals surface area contributed by atoms with E-state index in [1.54, 1.807) is 6.92 Å². The van der Waals surface area contributed by atoms with Crippen LogP contribution in [0, 0.1) is 6.92 Å². The molecule has 0 aliphatic rings. The van der Waals surface area contributed by atoms with Gasteiger partial charge < -0.3 is 4.74 Å². The van der Waals surface area contributed by atoms with Gasteiger partial charge in [-0.25, -0.2) is 0 Å². The first kappa shape index (κ1) is 12.2. The molecular weight excluding hydrogens is 232 g/mol. The summed E-state index contributed by atoms with van der Waals surface area (Å²) in [6, 6.07) is 7.72. The molecule has 0 saturated heterocycles. The van der Waals surface area contributed by atoms with Crippen molar-refractivity contribution in [1.29, 1.82) is 0 Å². The SMILES string of the molecule is CCOC(=O)Cc1nnn(-c2cccc(C)c2)n1. The Bertz CT molecular complexity index is 551. The van der Waals surface area contributed by atoms with Crippen molar-refractivity contribution in [3.63, 3.8) is 0 Å². The maximum atomic E-state index is 11.3. The fraction of sp³-hybridized carbons (Fsp3) is 0.333. The molecule has 2 rings (SSSR count). The molecule has 0 unspecified atom stereocenters. The molecule has 94 valence electrons. The van der Waals surface area contributed by atoms with Gasteiger partial charge in [-0.1, -0.05) is 12.1 Å². The van der Waals surface area contributed by atoms with E-state index in [0.29, 0.717) is 12.4 Å². The van der Waals surface area contributed by atoms with Gasteiger partial charge in [-0.15, -0.1) is 15.0 Å². The van der Waals surface area contributed by atoms with Gasteiger partial charge in [-0.3, -0.25) is 4.79 Å². The highest BCUT2D eigenvalue weighted by Crippen LogP contribution is 2.07. The Kier molecular flexibility index (Phi) is 3.66. The summed E-state index contributed by atoms with van der Waals surface area (Å²) in [6.07, 6.45) is 0.0413. The van der Waals surface area contributed by atoms with Crippen molar-refractivity contribution in [2.24, 2.45) is 0 Å². The van der Waals surface area contributed by atoms with Gasteiger partial charge in [0.05, 0.1) is 12.3 Å². The molecule has 1 aromatic carbocycles. The van der Waals surface area contributed by atoms with Crippen LogP contribution in [-0.2, 0) is 16.0 Å². The van der Waals surface area contributed by atoms with Crippen LogP contribution in [0.4, 0.5) is 0 Å². The van der Waals surface area contributed by atoms with Crippen LogP contribution in [-0.4, -0.2) is 32.8 Å². The summed E-state index contributed by atoms with van der Waals surface area (Å²) in [5.74, 6) is 0.0104. The Morgan fingerprint density at radius 1 is 1.44 bits per heavy atom. The molecule has 0 radical (unpaired) electrons. The fourth-order valence-electron chi connectivity index (χ4n) is 1.52. The summed E-state index contributed by atoms with van der Waals surface area (Å²) in [5, 5.41) is 11.9. The van der Waals surface area contributed by atoms with E-state index < -0.39 is 0 Å². The first-order chi connectivity index (χ1) is 8.69. The van der Waals surface area contributed by atoms with E-state index in [-0.39, 0.29) is 12.4 Å². The highest BCUT2D eigenvalue weighted by molar-refractivity contribution is 5.71. The van der Waals surface area contributed by atoms with Crippen molar-refractivity contribution < 1.29 is 9.53 Å². The molecule has 0 aliphatic carbocycles. The molecule has 0 fully saturated rings. The molecule has 6 heteroatoms. The van der Waals surface area contributed by atoms with Crippen molar-refractivity contribution in [2.75, 3.05) is 6.61 Å². The van der Waals surface area contributed by atoms with Gasteiger partial charge in [0.1, 0.15) is 6.42 Å². The quantitative estimate of drug-likeness (QED) is 0.755. The number of carbonyl (C=O) groups excluding carboxylic acids is 1. The molecule has 0 bridgehead atoms. The Hall–Kier alpha value is -2.24. The van der Waals surface area contributed by atoms with E-state index in [2.05, 4.69) is 15.4 Å². The third-order valence-corrected chi connectivity index (χ3v) is 2.30. The molecule has 0 saturated carbocycles. The monoisotopic (exact) mass is 246 g/mol. The van der Waals surface area contributed by atoms with Gasteiger partial charge in [0.2, 0.25) is 0 Å². The van der Waals surface area contributed by atoms with Crippen LogP contribution >= 0.6 is 0 Å². The average Bonchev–Trinajstić information content (AvgIpc) is 2.78. The number of rotatable bonds is 4. The van der Waals surface area contributed by atoms with E-state index in [0.717, 1.165) is 11.3 Å². The van der Waals surface area contributed by atoms with Crippen LogP contribution in [0.3, 0.4) is 0 Å². The smallest absolute Gasteiger partial charge is 0.313 e. The lowest BCUT2D eigenvalue weighted by atomic mass is 10.2. The van der Waals surface area contributed by atoms with Crippen molar-refractivity contribution in [2.45, 2.75) is 20.3 Å². The number of nitrogens with zero attached hydrogens (tertiary/aromatic N) is 4. The normalized spacial score (nSPS) is 10.3. The van der Waals surface area contributed by atoms with Crippen molar-refractivity contribution in [1.82, 2.24) is 20.2 Å². The van der Waals surface area contributed by atoms with Gasteiger partial charge >= 0.3 is 5.97 Å². The molecule has 2 aromatic rings. The van der Waals surface area contributed by atoms with Gasteiger partial charge in [-0.05, 0) is 36.8 Å². The van der Waals surface area contributed by atoms with Gasteiger partial charge in [0, 0.05) is 0 Å². The van der Waals surface area contributed by atoms with Crippen molar-refractivity contribution in [3.05, 3.63) is 35.7 Å². The standard InChI is InChI=1S/C12H14N4O2/c1-3-18-12(17)8-11-13-15-16(14-11)10-6-4-5-9(2)7-10/h4-7H,3,8H2,1-2H3. The maximum absolute atomic E-state index is 11.3. The number of tetrazole rings is 1. The molecule has 1 heterocycles. The van der Waals surface area contributed by atoms with Crippen molar-refractivity contribution in [3.8, 4) is 5.69 Å². The zero-order valence-electron chi connectivity index (χ0n) is 10.3. The minimum Gasteiger partial charge on any atom is -0.466 e. The van der Waals surface area contributed by atoms with Crippen LogP contribution in [0.2, 0.25) is 0 Å².